The van der Waals surface area contributed by atoms with Crippen molar-refractivity contribution in [3.63, 3.8) is 0 Å². The minimum atomic E-state index is -0.0676. The molecule has 0 fully saturated rings. The molecule has 3 N–H and O–H groups in total. The predicted octanol–water partition coefficient (Wildman–Crippen LogP) is 3.38. The van der Waals surface area contributed by atoms with Crippen LogP contribution < -0.4 is 11.1 Å². The van der Waals surface area contributed by atoms with Gasteiger partial charge in [-0.3, -0.25) is 4.79 Å². The quantitative estimate of drug-likeness (QED) is 0.790. The van der Waals surface area contributed by atoms with Crippen molar-refractivity contribution in [3.05, 3.63) is 72.1 Å². The fourth-order valence-electron chi connectivity index (χ4n) is 2.96. The first-order chi connectivity index (χ1) is 12.3. The van der Waals surface area contributed by atoms with Crippen molar-refractivity contribution in [3.8, 4) is 0 Å². The van der Waals surface area contributed by atoms with E-state index in [0.717, 1.165) is 25.1 Å². The van der Waals surface area contributed by atoms with Crippen LogP contribution in [0.1, 0.15) is 32.8 Å². The molecule has 0 unspecified atom stereocenters. The molecule has 1 amide bonds. The number of rotatable bonds is 7. The standard InChI is InChI=1S/C22H31N3O/c1-17-10-11-19(15-25(17)16-22(2,3)4)21(26)24-20(12-13-23)14-18-8-6-5-7-9-18/h5-11,15,20H,1,12-14,16,23H2,2-4H3,(H,24,26)/t20-/m1/s1. The molecule has 0 aromatic heterocycles. The summed E-state index contributed by atoms with van der Waals surface area (Å²) in [7, 11) is 0. The fraction of sp³-hybridized carbons (Fsp3) is 0.409. The van der Waals surface area contributed by atoms with E-state index in [4.69, 9.17) is 5.73 Å². The number of benzene rings is 1. The minimum absolute atomic E-state index is 0.0189. The fourth-order valence-corrected chi connectivity index (χ4v) is 2.96. The SMILES string of the molecule is C=C1C=CC(C(=O)N[C@H](CCN)Cc2ccccc2)=CN1CC(C)(C)C. The van der Waals surface area contributed by atoms with Crippen LogP contribution in [0.2, 0.25) is 0 Å². The van der Waals surface area contributed by atoms with Crippen LogP contribution in [0.3, 0.4) is 0 Å². The molecular formula is C22H31N3O. The Balaban J connectivity index is 2.06. The first-order valence-corrected chi connectivity index (χ1v) is 9.19. The Hall–Kier alpha value is -2.33. The minimum Gasteiger partial charge on any atom is -0.349 e. The van der Waals surface area contributed by atoms with Crippen LogP contribution in [0.4, 0.5) is 0 Å². The Morgan fingerprint density at radius 2 is 1.92 bits per heavy atom. The maximum atomic E-state index is 12.8. The Kier molecular flexibility index (Phi) is 6.81. The lowest BCUT2D eigenvalue weighted by Crippen LogP contribution is -2.39. The van der Waals surface area contributed by atoms with Gasteiger partial charge in [0.1, 0.15) is 0 Å². The zero-order valence-corrected chi connectivity index (χ0v) is 16.2. The van der Waals surface area contributed by atoms with Crippen LogP contribution in [0.15, 0.2) is 66.5 Å². The van der Waals surface area contributed by atoms with Crippen molar-refractivity contribution in [2.24, 2.45) is 11.1 Å². The van der Waals surface area contributed by atoms with Gasteiger partial charge in [0.05, 0.1) is 5.57 Å². The van der Waals surface area contributed by atoms with Gasteiger partial charge in [0, 0.05) is 24.5 Å². The number of carbonyl (C=O) groups excluding carboxylic acids is 1. The van der Waals surface area contributed by atoms with Gasteiger partial charge in [-0.1, -0.05) is 57.7 Å². The second kappa shape index (κ2) is 8.86. The van der Waals surface area contributed by atoms with E-state index in [2.05, 4.69) is 44.8 Å². The lowest BCUT2D eigenvalue weighted by atomic mass is 9.95. The van der Waals surface area contributed by atoms with Crippen molar-refractivity contribution in [2.75, 3.05) is 13.1 Å². The van der Waals surface area contributed by atoms with E-state index in [-0.39, 0.29) is 17.4 Å². The van der Waals surface area contributed by atoms with Crippen LogP contribution in [0.25, 0.3) is 0 Å². The van der Waals surface area contributed by atoms with Crippen molar-refractivity contribution >= 4 is 5.91 Å². The number of amides is 1. The summed E-state index contributed by atoms with van der Waals surface area (Å²) in [6.45, 7) is 11.9. The molecule has 4 nitrogen and oxygen atoms in total. The van der Waals surface area contributed by atoms with Crippen molar-refractivity contribution < 1.29 is 4.79 Å². The summed E-state index contributed by atoms with van der Waals surface area (Å²) >= 11 is 0. The predicted molar refractivity (Wildman–Crippen MR) is 108 cm³/mol. The van der Waals surface area contributed by atoms with Gasteiger partial charge in [0.15, 0.2) is 0 Å². The van der Waals surface area contributed by atoms with Crippen molar-refractivity contribution in [1.82, 2.24) is 10.2 Å². The molecule has 1 heterocycles. The molecule has 1 aliphatic heterocycles. The molecule has 0 radical (unpaired) electrons. The highest BCUT2D eigenvalue weighted by atomic mass is 16.1. The van der Waals surface area contributed by atoms with Gasteiger partial charge in [-0.15, -0.1) is 0 Å². The topological polar surface area (TPSA) is 58.4 Å². The highest BCUT2D eigenvalue weighted by molar-refractivity contribution is 5.96. The molecule has 0 saturated carbocycles. The molecule has 0 spiro atoms. The average Bonchev–Trinajstić information content (AvgIpc) is 2.56. The second-order valence-corrected chi connectivity index (χ2v) is 8.04. The highest BCUT2D eigenvalue weighted by Gasteiger charge is 2.21. The third kappa shape index (κ3) is 6.19. The summed E-state index contributed by atoms with van der Waals surface area (Å²) in [4.78, 5) is 14.8. The normalized spacial score (nSPS) is 15.6. The highest BCUT2D eigenvalue weighted by Crippen LogP contribution is 2.23. The average molecular weight is 354 g/mol. The van der Waals surface area contributed by atoms with Gasteiger partial charge < -0.3 is 16.0 Å². The van der Waals surface area contributed by atoms with Gasteiger partial charge in [-0.25, -0.2) is 0 Å². The number of carbonyl (C=O) groups is 1. The molecule has 1 aliphatic rings. The summed E-state index contributed by atoms with van der Waals surface area (Å²) in [5, 5.41) is 3.14. The lowest BCUT2D eigenvalue weighted by molar-refractivity contribution is -0.118. The molecular weight excluding hydrogens is 322 g/mol. The van der Waals surface area contributed by atoms with Crippen LogP contribution >= 0.6 is 0 Å². The van der Waals surface area contributed by atoms with E-state index in [1.165, 1.54) is 5.56 Å². The third-order valence-electron chi connectivity index (χ3n) is 4.20. The molecule has 140 valence electrons. The van der Waals surface area contributed by atoms with E-state index in [0.29, 0.717) is 12.1 Å². The van der Waals surface area contributed by atoms with Crippen LogP contribution in [0.5, 0.6) is 0 Å². The number of hydrogen-bond acceptors (Lipinski definition) is 3. The van der Waals surface area contributed by atoms with Crippen molar-refractivity contribution in [1.29, 1.82) is 0 Å². The van der Waals surface area contributed by atoms with E-state index in [1.807, 2.05) is 41.5 Å². The largest absolute Gasteiger partial charge is 0.349 e. The Morgan fingerprint density at radius 3 is 2.54 bits per heavy atom. The van der Waals surface area contributed by atoms with E-state index < -0.39 is 0 Å². The monoisotopic (exact) mass is 353 g/mol. The van der Waals surface area contributed by atoms with Crippen molar-refractivity contribution in [2.45, 2.75) is 39.7 Å². The van der Waals surface area contributed by atoms with Gasteiger partial charge in [-0.05, 0) is 42.5 Å². The number of nitrogens with zero attached hydrogens (tertiary/aromatic N) is 1. The van der Waals surface area contributed by atoms with Crippen LogP contribution in [-0.2, 0) is 11.2 Å². The van der Waals surface area contributed by atoms with E-state index >= 15 is 0 Å². The number of nitrogens with two attached hydrogens (primary N) is 1. The van der Waals surface area contributed by atoms with Crippen LogP contribution in [-0.4, -0.2) is 29.9 Å². The molecule has 1 aromatic carbocycles. The second-order valence-electron chi connectivity index (χ2n) is 8.04. The smallest absolute Gasteiger partial charge is 0.252 e. The molecule has 1 atom stereocenters. The molecule has 0 aliphatic carbocycles. The lowest BCUT2D eigenvalue weighted by Gasteiger charge is -2.31. The number of allylic oxidation sites excluding steroid dienone is 1. The maximum Gasteiger partial charge on any atom is 0.252 e. The molecule has 0 bridgehead atoms. The van der Waals surface area contributed by atoms with E-state index in [1.54, 1.807) is 0 Å². The molecule has 4 heteroatoms. The maximum absolute atomic E-state index is 12.8. The summed E-state index contributed by atoms with van der Waals surface area (Å²) < 4.78 is 0. The van der Waals surface area contributed by atoms with Gasteiger partial charge in [0.2, 0.25) is 0 Å². The van der Waals surface area contributed by atoms with Gasteiger partial charge >= 0.3 is 0 Å². The van der Waals surface area contributed by atoms with Gasteiger partial charge in [-0.2, -0.15) is 0 Å². The Morgan fingerprint density at radius 1 is 1.23 bits per heavy atom. The third-order valence-corrected chi connectivity index (χ3v) is 4.20. The Labute approximate surface area is 157 Å². The summed E-state index contributed by atoms with van der Waals surface area (Å²) in [5.41, 5.74) is 8.61. The van der Waals surface area contributed by atoms with Gasteiger partial charge in [0.25, 0.3) is 5.91 Å². The zero-order valence-electron chi connectivity index (χ0n) is 16.2. The Bertz CT molecular complexity index is 683. The summed E-state index contributed by atoms with van der Waals surface area (Å²) in [6.07, 6.45) is 7.15. The van der Waals surface area contributed by atoms with E-state index in [9.17, 15) is 4.79 Å². The molecule has 26 heavy (non-hydrogen) atoms. The first-order valence-electron chi connectivity index (χ1n) is 9.19. The number of hydrogen-bond donors (Lipinski definition) is 2. The zero-order chi connectivity index (χ0) is 19.2. The molecule has 2 rings (SSSR count). The summed E-state index contributed by atoms with van der Waals surface area (Å²) in [5.74, 6) is -0.0676. The molecule has 1 aromatic rings. The number of nitrogens with one attached hydrogen (secondary N) is 1. The first kappa shape index (κ1) is 20.0. The summed E-state index contributed by atoms with van der Waals surface area (Å²) in [6, 6.07) is 10.2. The van der Waals surface area contributed by atoms with Crippen LogP contribution in [0, 0.1) is 5.41 Å². The molecule has 0 saturated heterocycles.